The second kappa shape index (κ2) is 4.28. The summed E-state index contributed by atoms with van der Waals surface area (Å²) < 4.78 is 26.8. The second-order valence-corrected chi connectivity index (χ2v) is 3.27. The van der Waals surface area contributed by atoms with E-state index in [2.05, 4.69) is 15.5 Å². The van der Waals surface area contributed by atoms with E-state index in [4.69, 9.17) is 0 Å². The van der Waals surface area contributed by atoms with E-state index in [1.54, 1.807) is 0 Å². The van der Waals surface area contributed by atoms with Crippen LogP contribution >= 0.6 is 0 Å². The Kier molecular flexibility index (Phi) is 2.82. The van der Waals surface area contributed by atoms with E-state index in [1.165, 1.54) is 19.2 Å². The van der Waals surface area contributed by atoms with Gasteiger partial charge in [0, 0.05) is 6.92 Å². The lowest BCUT2D eigenvalue weighted by molar-refractivity contribution is -0.114. The molecule has 0 aliphatic heterocycles. The van der Waals surface area contributed by atoms with Crippen LogP contribution in [0.15, 0.2) is 24.4 Å². The Morgan fingerprint density at radius 2 is 2.00 bits per heavy atom. The number of halogens is 2. The molecule has 2 rings (SSSR count). The number of nitrogens with zero attached hydrogens (tertiary/aromatic N) is 3. The van der Waals surface area contributed by atoms with Crippen molar-refractivity contribution in [2.45, 2.75) is 6.92 Å². The molecule has 5 nitrogen and oxygen atoms in total. The van der Waals surface area contributed by atoms with Crippen molar-refractivity contribution in [3.05, 3.63) is 36.0 Å². The van der Waals surface area contributed by atoms with Crippen molar-refractivity contribution >= 4 is 11.7 Å². The molecule has 0 spiro atoms. The summed E-state index contributed by atoms with van der Waals surface area (Å²) in [5.74, 6) is -1.78. The molecule has 0 saturated carbocycles. The van der Waals surface area contributed by atoms with Crippen LogP contribution in [0.25, 0.3) is 5.69 Å². The summed E-state index contributed by atoms with van der Waals surface area (Å²) in [4.78, 5) is 11.5. The summed E-state index contributed by atoms with van der Waals surface area (Å²) in [7, 11) is 0. The quantitative estimate of drug-likeness (QED) is 0.862. The molecule has 0 unspecified atom stereocenters. The van der Waals surface area contributed by atoms with Crippen molar-refractivity contribution in [3.8, 4) is 5.69 Å². The number of hydrogen-bond acceptors (Lipinski definition) is 3. The van der Waals surface area contributed by atoms with Crippen molar-refractivity contribution in [2.24, 2.45) is 0 Å². The molecule has 7 heteroatoms. The van der Waals surface area contributed by atoms with Gasteiger partial charge in [0.2, 0.25) is 5.91 Å². The fourth-order valence-corrected chi connectivity index (χ4v) is 1.29. The number of aromatic nitrogens is 3. The lowest BCUT2D eigenvalue weighted by Gasteiger charge is -2.02. The fourth-order valence-electron chi connectivity index (χ4n) is 1.29. The number of hydrogen-bond donors (Lipinski definition) is 1. The van der Waals surface area contributed by atoms with E-state index in [-0.39, 0.29) is 17.4 Å². The van der Waals surface area contributed by atoms with Gasteiger partial charge >= 0.3 is 0 Å². The van der Waals surface area contributed by atoms with Gasteiger partial charge in [0.1, 0.15) is 0 Å². The van der Waals surface area contributed by atoms with Crippen molar-refractivity contribution in [1.82, 2.24) is 15.0 Å². The zero-order valence-electron chi connectivity index (χ0n) is 8.82. The van der Waals surface area contributed by atoms with Gasteiger partial charge in [-0.2, -0.15) is 5.10 Å². The molecular weight excluding hydrogens is 230 g/mol. The number of rotatable bonds is 2. The van der Waals surface area contributed by atoms with Crippen molar-refractivity contribution in [2.75, 3.05) is 5.32 Å². The molecule has 88 valence electrons. The SMILES string of the molecule is CC(=O)Nc1cnn(-c2c(F)cccc2F)n1. The Hall–Kier alpha value is -2.31. The van der Waals surface area contributed by atoms with Crippen molar-refractivity contribution in [1.29, 1.82) is 0 Å². The summed E-state index contributed by atoms with van der Waals surface area (Å²) in [5.41, 5.74) is -0.385. The van der Waals surface area contributed by atoms with E-state index in [0.717, 1.165) is 16.9 Å². The third-order valence-corrected chi connectivity index (χ3v) is 1.93. The first-order chi connectivity index (χ1) is 8.08. The van der Waals surface area contributed by atoms with Crippen LogP contribution in [0.3, 0.4) is 0 Å². The average Bonchev–Trinajstić information content (AvgIpc) is 2.65. The molecule has 2 aromatic rings. The molecule has 0 atom stereocenters. The number of anilines is 1. The van der Waals surface area contributed by atoms with Crippen LogP contribution in [-0.4, -0.2) is 20.9 Å². The van der Waals surface area contributed by atoms with Gasteiger partial charge in [0.15, 0.2) is 23.1 Å². The van der Waals surface area contributed by atoms with Gasteiger partial charge in [-0.25, -0.2) is 8.78 Å². The first-order valence-corrected chi connectivity index (χ1v) is 4.72. The second-order valence-electron chi connectivity index (χ2n) is 3.27. The van der Waals surface area contributed by atoms with Crippen LogP contribution in [0.4, 0.5) is 14.6 Å². The third kappa shape index (κ3) is 2.27. The zero-order valence-corrected chi connectivity index (χ0v) is 8.82. The summed E-state index contributed by atoms with van der Waals surface area (Å²) in [5, 5.41) is 9.76. The van der Waals surface area contributed by atoms with Crippen LogP contribution in [0.1, 0.15) is 6.92 Å². The Balaban J connectivity index is 2.40. The van der Waals surface area contributed by atoms with Gasteiger partial charge in [0.25, 0.3) is 0 Å². The van der Waals surface area contributed by atoms with Crippen LogP contribution in [-0.2, 0) is 4.79 Å². The molecule has 17 heavy (non-hydrogen) atoms. The number of benzene rings is 1. The summed E-state index contributed by atoms with van der Waals surface area (Å²) >= 11 is 0. The molecule has 0 radical (unpaired) electrons. The normalized spacial score (nSPS) is 10.3. The van der Waals surface area contributed by atoms with Crippen LogP contribution < -0.4 is 5.32 Å². The zero-order chi connectivity index (χ0) is 12.4. The Bertz CT molecular complexity index is 547. The molecule has 0 fully saturated rings. The standard InChI is InChI=1S/C10H8F2N4O/c1-6(17)14-9-5-13-16(15-9)10-7(11)3-2-4-8(10)12/h2-5H,1H3,(H,14,15,17). The highest BCUT2D eigenvalue weighted by molar-refractivity contribution is 5.87. The smallest absolute Gasteiger partial charge is 0.222 e. The number of amides is 1. The highest BCUT2D eigenvalue weighted by Gasteiger charge is 2.13. The molecular formula is C10H8F2N4O. The number of carbonyl (C=O) groups excluding carboxylic acids is 1. The van der Waals surface area contributed by atoms with Crippen LogP contribution in [0.2, 0.25) is 0 Å². The molecule has 1 amide bonds. The molecule has 1 heterocycles. The van der Waals surface area contributed by atoms with Crippen molar-refractivity contribution < 1.29 is 13.6 Å². The Morgan fingerprint density at radius 3 is 2.59 bits per heavy atom. The van der Waals surface area contributed by atoms with Gasteiger partial charge in [-0.05, 0) is 12.1 Å². The number of para-hydroxylation sites is 1. The first-order valence-electron chi connectivity index (χ1n) is 4.72. The molecule has 1 aromatic heterocycles. The minimum Gasteiger partial charge on any atom is -0.308 e. The minimum absolute atomic E-state index is 0.125. The predicted molar refractivity (Wildman–Crippen MR) is 55.6 cm³/mol. The monoisotopic (exact) mass is 238 g/mol. The molecule has 1 N–H and O–H groups in total. The van der Waals surface area contributed by atoms with Crippen molar-refractivity contribution in [3.63, 3.8) is 0 Å². The largest absolute Gasteiger partial charge is 0.308 e. The minimum atomic E-state index is -0.782. The van der Waals surface area contributed by atoms with Crippen LogP contribution in [0.5, 0.6) is 0 Å². The maximum absolute atomic E-state index is 13.4. The third-order valence-electron chi connectivity index (χ3n) is 1.93. The van der Waals surface area contributed by atoms with Gasteiger partial charge < -0.3 is 5.32 Å². The summed E-state index contributed by atoms with van der Waals surface area (Å²) in [6.45, 7) is 1.29. The number of carbonyl (C=O) groups is 1. The van der Waals surface area contributed by atoms with Crippen LogP contribution in [0, 0.1) is 11.6 Å². The molecule has 1 aromatic carbocycles. The highest BCUT2D eigenvalue weighted by Crippen LogP contribution is 2.16. The Morgan fingerprint density at radius 1 is 1.35 bits per heavy atom. The van der Waals surface area contributed by atoms with Gasteiger partial charge in [0.05, 0.1) is 6.20 Å². The maximum Gasteiger partial charge on any atom is 0.222 e. The van der Waals surface area contributed by atoms with Gasteiger partial charge in [-0.1, -0.05) is 6.07 Å². The molecule has 0 bridgehead atoms. The number of nitrogens with one attached hydrogen (secondary N) is 1. The first kappa shape index (κ1) is 11.2. The van der Waals surface area contributed by atoms with E-state index in [9.17, 15) is 13.6 Å². The van der Waals surface area contributed by atoms with Gasteiger partial charge in [-0.3, -0.25) is 4.79 Å². The molecule has 0 aliphatic carbocycles. The lowest BCUT2D eigenvalue weighted by atomic mass is 10.3. The van der Waals surface area contributed by atoms with E-state index in [1.807, 2.05) is 0 Å². The van der Waals surface area contributed by atoms with E-state index >= 15 is 0 Å². The average molecular weight is 238 g/mol. The highest BCUT2D eigenvalue weighted by atomic mass is 19.1. The fraction of sp³-hybridized carbons (Fsp3) is 0.100. The lowest BCUT2D eigenvalue weighted by Crippen LogP contribution is -2.08. The summed E-state index contributed by atoms with van der Waals surface area (Å²) in [6, 6.07) is 3.44. The Labute approximate surface area is 95.1 Å². The van der Waals surface area contributed by atoms with E-state index < -0.39 is 11.6 Å². The van der Waals surface area contributed by atoms with Gasteiger partial charge in [-0.15, -0.1) is 9.90 Å². The molecule has 0 saturated heterocycles. The topological polar surface area (TPSA) is 59.8 Å². The predicted octanol–water partition coefficient (Wildman–Crippen LogP) is 1.50. The van der Waals surface area contributed by atoms with E-state index in [0.29, 0.717) is 0 Å². The summed E-state index contributed by atoms with van der Waals surface area (Å²) in [6.07, 6.45) is 1.20. The molecule has 0 aliphatic rings. The maximum atomic E-state index is 13.4.